The standard InChI is InChI=1S/C6H6N2O3/c7-2-1-3-8-4-5(9)11-6(8)10/h1,3-4H2. The van der Waals surface area contributed by atoms with Gasteiger partial charge in [0.1, 0.15) is 6.54 Å². The molecule has 0 unspecified atom stereocenters. The highest BCUT2D eigenvalue weighted by Crippen LogP contribution is 2.04. The number of nitrogens with zero attached hydrogens (tertiary/aromatic N) is 2. The van der Waals surface area contributed by atoms with E-state index in [0.29, 0.717) is 0 Å². The van der Waals surface area contributed by atoms with Gasteiger partial charge in [0.05, 0.1) is 12.5 Å². The lowest BCUT2D eigenvalue weighted by atomic mass is 10.4. The van der Waals surface area contributed by atoms with E-state index in [1.807, 2.05) is 6.07 Å². The third kappa shape index (κ3) is 1.67. The average Bonchev–Trinajstić information content (AvgIpc) is 2.26. The van der Waals surface area contributed by atoms with Crippen LogP contribution in [0.3, 0.4) is 0 Å². The highest BCUT2D eigenvalue weighted by atomic mass is 16.6. The van der Waals surface area contributed by atoms with Gasteiger partial charge in [-0.2, -0.15) is 5.26 Å². The molecule has 1 saturated heterocycles. The van der Waals surface area contributed by atoms with Crippen LogP contribution in [0.2, 0.25) is 0 Å². The minimum atomic E-state index is -0.648. The van der Waals surface area contributed by atoms with Crippen LogP contribution < -0.4 is 0 Å². The Morgan fingerprint density at radius 1 is 1.64 bits per heavy atom. The molecule has 11 heavy (non-hydrogen) atoms. The summed E-state index contributed by atoms with van der Waals surface area (Å²) in [4.78, 5) is 22.3. The van der Waals surface area contributed by atoms with Crippen molar-refractivity contribution in [3.8, 4) is 6.07 Å². The minimum absolute atomic E-state index is 0.0273. The van der Waals surface area contributed by atoms with E-state index in [9.17, 15) is 9.59 Å². The maximum Gasteiger partial charge on any atom is 0.418 e. The molecule has 0 N–H and O–H groups in total. The molecule has 5 heteroatoms. The van der Waals surface area contributed by atoms with Crippen molar-refractivity contribution in [2.45, 2.75) is 6.42 Å². The largest absolute Gasteiger partial charge is 0.418 e. The van der Waals surface area contributed by atoms with E-state index in [-0.39, 0.29) is 19.5 Å². The summed E-state index contributed by atoms with van der Waals surface area (Å²) in [5.41, 5.74) is 0. The Bertz CT molecular complexity index is 230. The molecule has 0 bridgehead atoms. The van der Waals surface area contributed by atoms with Crippen molar-refractivity contribution < 1.29 is 14.3 Å². The van der Waals surface area contributed by atoms with Crippen molar-refractivity contribution in [3.05, 3.63) is 0 Å². The summed E-state index contributed by atoms with van der Waals surface area (Å²) in [6.45, 7) is 0.238. The Balaban J connectivity index is 2.42. The molecule has 0 aromatic carbocycles. The van der Waals surface area contributed by atoms with Crippen LogP contribution in [0.1, 0.15) is 6.42 Å². The zero-order valence-corrected chi connectivity index (χ0v) is 5.74. The van der Waals surface area contributed by atoms with Crippen molar-refractivity contribution in [1.82, 2.24) is 4.90 Å². The minimum Gasteiger partial charge on any atom is -0.375 e. The van der Waals surface area contributed by atoms with Gasteiger partial charge in [0, 0.05) is 6.54 Å². The molecule has 0 radical (unpaired) electrons. The first kappa shape index (κ1) is 7.54. The van der Waals surface area contributed by atoms with Crippen LogP contribution in [0, 0.1) is 11.3 Å². The van der Waals surface area contributed by atoms with Gasteiger partial charge in [-0.25, -0.2) is 9.59 Å². The van der Waals surface area contributed by atoms with Crippen LogP contribution in [0.5, 0.6) is 0 Å². The average molecular weight is 154 g/mol. The number of hydrogen-bond donors (Lipinski definition) is 0. The number of esters is 1. The van der Waals surface area contributed by atoms with Gasteiger partial charge >= 0.3 is 12.1 Å². The lowest BCUT2D eigenvalue weighted by molar-refractivity contribution is -0.132. The number of ether oxygens (including phenoxy) is 1. The molecule has 1 aliphatic rings. The third-order valence-electron chi connectivity index (χ3n) is 1.27. The second-order valence-corrected chi connectivity index (χ2v) is 2.07. The van der Waals surface area contributed by atoms with Crippen molar-refractivity contribution in [2.75, 3.05) is 13.1 Å². The maximum atomic E-state index is 10.7. The first-order valence-electron chi connectivity index (χ1n) is 3.10. The van der Waals surface area contributed by atoms with Crippen LogP contribution in [-0.4, -0.2) is 30.1 Å². The lowest BCUT2D eigenvalue weighted by Crippen LogP contribution is -2.25. The molecule has 1 amide bonds. The summed E-state index contributed by atoms with van der Waals surface area (Å²) < 4.78 is 4.21. The van der Waals surface area contributed by atoms with Crippen LogP contribution >= 0.6 is 0 Å². The van der Waals surface area contributed by atoms with Crippen molar-refractivity contribution >= 4 is 12.1 Å². The highest BCUT2D eigenvalue weighted by molar-refractivity contribution is 5.92. The van der Waals surface area contributed by atoms with Gasteiger partial charge in [-0.1, -0.05) is 0 Å². The molecule has 0 spiro atoms. The molecule has 0 atom stereocenters. The number of cyclic esters (lactones) is 2. The smallest absolute Gasteiger partial charge is 0.375 e. The third-order valence-corrected chi connectivity index (χ3v) is 1.27. The van der Waals surface area contributed by atoms with E-state index in [1.165, 1.54) is 4.90 Å². The van der Waals surface area contributed by atoms with Crippen molar-refractivity contribution in [3.63, 3.8) is 0 Å². The molecule has 1 aliphatic heterocycles. The van der Waals surface area contributed by atoms with E-state index in [4.69, 9.17) is 5.26 Å². The van der Waals surface area contributed by atoms with Crippen LogP contribution in [-0.2, 0) is 9.53 Å². The van der Waals surface area contributed by atoms with Gasteiger partial charge in [-0.3, -0.25) is 4.90 Å². The molecule has 0 aromatic heterocycles. The molecule has 58 valence electrons. The molecule has 1 rings (SSSR count). The first-order valence-corrected chi connectivity index (χ1v) is 3.10. The van der Waals surface area contributed by atoms with E-state index >= 15 is 0 Å². The zero-order chi connectivity index (χ0) is 8.27. The number of carbonyl (C=O) groups is 2. The van der Waals surface area contributed by atoms with Crippen LogP contribution in [0.25, 0.3) is 0 Å². The Morgan fingerprint density at radius 2 is 2.36 bits per heavy atom. The fraction of sp³-hybridized carbons (Fsp3) is 0.500. The SMILES string of the molecule is N#CCCN1CC(=O)OC1=O. The summed E-state index contributed by atoms with van der Waals surface area (Å²) in [7, 11) is 0. The predicted molar refractivity (Wildman–Crippen MR) is 33.3 cm³/mol. The number of carbonyl (C=O) groups excluding carboxylic acids is 2. The Labute approximate surface area is 63.1 Å². The van der Waals surface area contributed by atoms with Gasteiger partial charge in [0.25, 0.3) is 0 Å². The Hall–Kier alpha value is -1.57. The molecule has 5 nitrogen and oxygen atoms in total. The van der Waals surface area contributed by atoms with Gasteiger partial charge in [-0.15, -0.1) is 0 Å². The second kappa shape index (κ2) is 3.01. The topological polar surface area (TPSA) is 70.4 Å². The number of nitriles is 1. The summed E-state index contributed by atoms with van der Waals surface area (Å²) >= 11 is 0. The molecule has 1 heterocycles. The fourth-order valence-corrected chi connectivity index (χ4v) is 0.770. The first-order chi connectivity index (χ1) is 5.24. The zero-order valence-electron chi connectivity index (χ0n) is 5.74. The Morgan fingerprint density at radius 3 is 2.82 bits per heavy atom. The molecule has 1 fully saturated rings. The summed E-state index contributed by atoms with van der Waals surface area (Å²) in [5, 5.41) is 8.17. The monoisotopic (exact) mass is 154 g/mol. The molecular formula is C6H6N2O3. The second-order valence-electron chi connectivity index (χ2n) is 2.07. The van der Waals surface area contributed by atoms with Crippen LogP contribution in [0.15, 0.2) is 0 Å². The fourth-order valence-electron chi connectivity index (χ4n) is 0.770. The summed E-state index contributed by atoms with van der Waals surface area (Å²) in [6, 6.07) is 1.87. The van der Waals surface area contributed by atoms with E-state index < -0.39 is 12.1 Å². The van der Waals surface area contributed by atoms with Gasteiger partial charge in [0.2, 0.25) is 0 Å². The van der Waals surface area contributed by atoms with Gasteiger partial charge in [0.15, 0.2) is 0 Å². The molecular weight excluding hydrogens is 148 g/mol. The quantitative estimate of drug-likeness (QED) is 0.410. The number of rotatable bonds is 2. The Kier molecular flexibility index (Phi) is 2.06. The van der Waals surface area contributed by atoms with E-state index in [1.54, 1.807) is 0 Å². The predicted octanol–water partition coefficient (Wildman–Crippen LogP) is -0.121. The van der Waals surface area contributed by atoms with Gasteiger partial charge in [-0.05, 0) is 0 Å². The normalized spacial score (nSPS) is 16.5. The molecule has 0 aromatic rings. The maximum absolute atomic E-state index is 10.7. The van der Waals surface area contributed by atoms with Crippen molar-refractivity contribution in [2.24, 2.45) is 0 Å². The van der Waals surface area contributed by atoms with Crippen LogP contribution in [0.4, 0.5) is 4.79 Å². The van der Waals surface area contributed by atoms with E-state index in [0.717, 1.165) is 0 Å². The number of hydrogen-bond acceptors (Lipinski definition) is 4. The van der Waals surface area contributed by atoms with Crippen molar-refractivity contribution in [1.29, 1.82) is 5.26 Å². The molecule has 0 aliphatic carbocycles. The van der Waals surface area contributed by atoms with E-state index in [2.05, 4.69) is 4.74 Å². The highest BCUT2D eigenvalue weighted by Gasteiger charge is 2.28. The lowest BCUT2D eigenvalue weighted by Gasteiger charge is -2.06. The molecule has 0 saturated carbocycles. The summed E-state index contributed by atoms with van der Waals surface area (Å²) in [5.74, 6) is -0.548. The number of amides is 1. The summed E-state index contributed by atoms with van der Waals surface area (Å²) in [6.07, 6.45) is -0.423. The van der Waals surface area contributed by atoms with Gasteiger partial charge < -0.3 is 4.74 Å².